The van der Waals surface area contributed by atoms with Gasteiger partial charge in [-0.1, -0.05) is 6.07 Å². The third-order valence-electron chi connectivity index (χ3n) is 1.43. The molecule has 0 spiro atoms. The summed E-state index contributed by atoms with van der Waals surface area (Å²) in [6.45, 7) is 0. The van der Waals surface area contributed by atoms with E-state index in [0.29, 0.717) is 0 Å². The van der Waals surface area contributed by atoms with Crippen molar-refractivity contribution in [1.29, 1.82) is 0 Å². The van der Waals surface area contributed by atoms with Crippen LogP contribution < -0.4 is 0 Å². The van der Waals surface area contributed by atoms with Crippen LogP contribution in [0.3, 0.4) is 0 Å². The van der Waals surface area contributed by atoms with Crippen molar-refractivity contribution in [1.82, 2.24) is 0 Å². The van der Waals surface area contributed by atoms with Crippen molar-refractivity contribution in [3.63, 3.8) is 0 Å². The van der Waals surface area contributed by atoms with Crippen molar-refractivity contribution >= 4 is 22.9 Å². The molecule has 7 heteroatoms. The quantitative estimate of drug-likeness (QED) is 0.592. The molecule has 2 nitrogen and oxygen atoms in total. The number of hydrogen-bond acceptors (Lipinski definition) is 3. The Morgan fingerprint density at radius 1 is 1.33 bits per heavy atom. The number of hydrogen-bond donors (Lipinski definition) is 0. The van der Waals surface area contributed by atoms with Crippen LogP contribution in [-0.2, 0) is 4.79 Å². The van der Waals surface area contributed by atoms with Gasteiger partial charge in [0.2, 0.25) is 5.78 Å². The number of carbonyl (C=O) groups excluding carboxylic acids is 2. The van der Waals surface area contributed by atoms with E-state index >= 15 is 0 Å². The van der Waals surface area contributed by atoms with E-state index in [1.54, 1.807) is 5.38 Å². The first-order valence-electron chi connectivity index (χ1n) is 3.58. The van der Waals surface area contributed by atoms with Crippen LogP contribution in [0, 0.1) is 38.2 Å². The van der Waals surface area contributed by atoms with Gasteiger partial charge in [0.15, 0.2) is 5.78 Å². The van der Waals surface area contributed by atoms with Crippen LogP contribution >= 0.6 is 11.3 Å². The molecule has 0 saturated carbocycles. The molecule has 0 saturated heterocycles. The van der Waals surface area contributed by atoms with Crippen molar-refractivity contribution in [3.05, 3.63) is 22.4 Å². The Labute approximate surface area is 118 Å². The molecule has 0 amide bonds. The summed E-state index contributed by atoms with van der Waals surface area (Å²) >= 11 is 1.01. The molecule has 0 bridgehead atoms. The van der Waals surface area contributed by atoms with E-state index in [1.807, 2.05) is 0 Å². The Bertz CT molecular complexity index is 345. The fourth-order valence-electron chi connectivity index (χ4n) is 0.770. The summed E-state index contributed by atoms with van der Waals surface area (Å²) in [5.74, 6) is -2.79. The SMILES string of the molecule is O=C(CC(=O)C(F)(F)F)c1cccs1.[Dy]. The molecule has 1 aromatic heterocycles. The van der Waals surface area contributed by atoms with E-state index in [0.717, 1.165) is 11.3 Å². The van der Waals surface area contributed by atoms with Gasteiger partial charge in [0.1, 0.15) is 0 Å². The minimum Gasteiger partial charge on any atom is -0.293 e. The van der Waals surface area contributed by atoms with Crippen molar-refractivity contribution in [2.75, 3.05) is 0 Å². The smallest absolute Gasteiger partial charge is 0.293 e. The van der Waals surface area contributed by atoms with E-state index in [1.165, 1.54) is 12.1 Å². The number of thiophene rings is 1. The molecule has 0 unspecified atom stereocenters. The zero-order chi connectivity index (χ0) is 10.8. The van der Waals surface area contributed by atoms with Crippen molar-refractivity contribution in [2.45, 2.75) is 12.6 Å². The van der Waals surface area contributed by atoms with Crippen LogP contribution in [0.15, 0.2) is 17.5 Å². The van der Waals surface area contributed by atoms with Gasteiger partial charge in [0.25, 0.3) is 0 Å². The second-order valence-corrected chi connectivity index (χ2v) is 3.45. The first-order valence-corrected chi connectivity index (χ1v) is 4.46. The number of rotatable bonds is 3. The summed E-state index contributed by atoms with van der Waals surface area (Å²) in [6.07, 6.45) is -6.03. The second-order valence-electron chi connectivity index (χ2n) is 2.50. The minimum atomic E-state index is -4.92. The first kappa shape index (κ1) is 15.1. The average molecular weight is 385 g/mol. The number of Topliss-reactive ketones (excluding diaryl/α,β-unsaturated/α-hetero) is 2. The molecule has 0 aliphatic heterocycles. The van der Waals surface area contributed by atoms with Gasteiger partial charge in [-0.3, -0.25) is 9.59 Å². The van der Waals surface area contributed by atoms with E-state index in [9.17, 15) is 22.8 Å². The van der Waals surface area contributed by atoms with Crippen molar-refractivity contribution in [3.8, 4) is 0 Å². The minimum absolute atomic E-state index is 0. The summed E-state index contributed by atoms with van der Waals surface area (Å²) in [5, 5.41) is 1.56. The summed E-state index contributed by atoms with van der Waals surface area (Å²) in [7, 11) is 0. The first-order chi connectivity index (χ1) is 6.41. The van der Waals surface area contributed by atoms with Gasteiger partial charge < -0.3 is 0 Å². The molecule has 1 rings (SSSR count). The molecule has 0 N–H and O–H groups in total. The number of ketones is 2. The van der Waals surface area contributed by atoms with Gasteiger partial charge in [-0.15, -0.1) is 11.3 Å². The Morgan fingerprint density at radius 3 is 2.33 bits per heavy atom. The van der Waals surface area contributed by atoms with Crippen LogP contribution in [0.4, 0.5) is 13.2 Å². The Balaban J connectivity index is 0.00000196. The van der Waals surface area contributed by atoms with Gasteiger partial charge in [-0.2, -0.15) is 13.2 Å². The van der Waals surface area contributed by atoms with E-state index in [4.69, 9.17) is 0 Å². The number of halogens is 3. The van der Waals surface area contributed by atoms with E-state index < -0.39 is 24.2 Å². The summed E-state index contributed by atoms with van der Waals surface area (Å²) in [4.78, 5) is 21.7. The van der Waals surface area contributed by atoms with E-state index in [2.05, 4.69) is 0 Å². The molecular weight excluding hydrogens is 380 g/mol. The Kier molecular flexibility index (Phi) is 6.03. The molecule has 15 heavy (non-hydrogen) atoms. The van der Waals surface area contributed by atoms with Gasteiger partial charge in [-0.25, -0.2) is 0 Å². The average Bonchev–Trinajstić information content (AvgIpc) is 2.53. The standard InChI is InChI=1S/C8H5F3O2S.Dy/c9-8(10,11)7(13)4-5(12)6-2-1-3-14-6;/h1-3H,4H2;. The molecule has 0 aliphatic rings. The van der Waals surface area contributed by atoms with Gasteiger partial charge in [0.05, 0.1) is 11.3 Å². The maximum atomic E-state index is 11.8. The van der Waals surface area contributed by atoms with Crippen LogP contribution in [0.2, 0.25) is 0 Å². The predicted octanol–water partition coefficient (Wildman–Crippen LogP) is 2.45. The zero-order valence-corrected chi connectivity index (χ0v) is 9.96. The summed E-state index contributed by atoms with van der Waals surface area (Å²) in [5.41, 5.74) is 0. The molecule has 1 aromatic rings. The fraction of sp³-hybridized carbons (Fsp3) is 0.250. The molecule has 0 aromatic carbocycles. The zero-order valence-electron chi connectivity index (χ0n) is 7.11. The maximum absolute atomic E-state index is 11.8. The third kappa shape index (κ3) is 4.64. The topological polar surface area (TPSA) is 34.1 Å². The maximum Gasteiger partial charge on any atom is 0.450 e. The van der Waals surface area contributed by atoms with Gasteiger partial charge >= 0.3 is 6.18 Å². The normalized spacial score (nSPS) is 10.6. The number of alkyl halides is 3. The van der Waals surface area contributed by atoms with Crippen molar-refractivity contribution in [2.24, 2.45) is 0 Å². The summed E-state index contributed by atoms with van der Waals surface area (Å²) in [6, 6.07) is 2.92. The third-order valence-corrected chi connectivity index (χ3v) is 2.34. The molecule has 0 atom stereocenters. The Hall–Kier alpha value is 0.103. The molecule has 0 aliphatic carbocycles. The number of carbonyl (C=O) groups is 2. The van der Waals surface area contributed by atoms with Crippen LogP contribution in [0.5, 0.6) is 0 Å². The van der Waals surface area contributed by atoms with Gasteiger partial charge in [-0.05, 0) is 11.4 Å². The van der Waals surface area contributed by atoms with E-state index in [-0.39, 0.29) is 43.1 Å². The van der Waals surface area contributed by atoms with Crippen LogP contribution in [-0.4, -0.2) is 17.7 Å². The van der Waals surface area contributed by atoms with Crippen molar-refractivity contribution < 1.29 is 60.9 Å². The molecule has 86 valence electrons. The molecule has 1 heterocycles. The molecule has 0 fully saturated rings. The van der Waals surface area contributed by atoms with Crippen LogP contribution in [0.1, 0.15) is 16.1 Å². The van der Waals surface area contributed by atoms with Gasteiger partial charge in [0, 0.05) is 38.2 Å². The molecule has 0 radical (unpaired) electrons. The second kappa shape index (κ2) is 5.99. The largest absolute Gasteiger partial charge is 0.450 e. The summed E-state index contributed by atoms with van der Waals surface area (Å²) < 4.78 is 35.3. The Morgan fingerprint density at radius 2 is 1.93 bits per heavy atom. The predicted molar refractivity (Wildman–Crippen MR) is 44.3 cm³/mol. The monoisotopic (exact) mass is 386 g/mol. The molecular formula is C8H5DyF3O2S. The fourth-order valence-corrected chi connectivity index (χ4v) is 1.43. The van der Waals surface area contributed by atoms with Crippen LogP contribution in [0.25, 0.3) is 0 Å².